The molecule has 0 radical (unpaired) electrons. The van der Waals surface area contributed by atoms with Crippen molar-refractivity contribution >= 4 is 6.09 Å². The highest BCUT2D eigenvalue weighted by Gasteiger charge is 2.21. The summed E-state index contributed by atoms with van der Waals surface area (Å²) in [5.74, 6) is 0. The molecule has 4 nitrogen and oxygen atoms in total. The van der Waals surface area contributed by atoms with E-state index in [1.807, 2.05) is 30.3 Å². The normalized spacial score (nSPS) is 17.5. The zero-order chi connectivity index (χ0) is 11.4. The number of rotatable bonds is 4. The van der Waals surface area contributed by atoms with Gasteiger partial charge < -0.3 is 15.3 Å². The Hall–Kier alpha value is -1.55. The van der Waals surface area contributed by atoms with E-state index < -0.39 is 6.09 Å². The number of hydrogen-bond acceptors (Lipinski definition) is 2. The lowest BCUT2D eigenvalue weighted by Gasteiger charge is -2.34. The highest BCUT2D eigenvalue weighted by Crippen LogP contribution is 2.17. The predicted molar refractivity (Wildman–Crippen MR) is 61.4 cm³/mol. The van der Waals surface area contributed by atoms with Gasteiger partial charge in [-0.3, -0.25) is 0 Å². The van der Waals surface area contributed by atoms with Crippen molar-refractivity contribution in [1.29, 1.82) is 0 Å². The standard InChI is InChI=1S/C12H16N2O2/c15-12(16)13-11(9-14-7-4-8-14)10-5-2-1-3-6-10/h1-3,5-6,11,13H,4,7-9H2,(H,15,16)/t11-/m0/s1. The Morgan fingerprint density at radius 1 is 1.38 bits per heavy atom. The van der Waals surface area contributed by atoms with Crippen molar-refractivity contribution in [3.8, 4) is 0 Å². The van der Waals surface area contributed by atoms with Crippen molar-refractivity contribution in [3.05, 3.63) is 35.9 Å². The number of carbonyl (C=O) groups is 1. The van der Waals surface area contributed by atoms with E-state index in [0.717, 1.165) is 25.2 Å². The maximum atomic E-state index is 10.7. The van der Waals surface area contributed by atoms with Crippen LogP contribution in [0.5, 0.6) is 0 Å². The highest BCUT2D eigenvalue weighted by molar-refractivity contribution is 5.65. The summed E-state index contributed by atoms with van der Waals surface area (Å²) in [5, 5.41) is 11.4. The summed E-state index contributed by atoms with van der Waals surface area (Å²) in [4.78, 5) is 13.0. The molecule has 1 amide bonds. The average molecular weight is 220 g/mol. The molecule has 4 heteroatoms. The largest absolute Gasteiger partial charge is 0.465 e. The second kappa shape index (κ2) is 4.99. The van der Waals surface area contributed by atoms with Crippen LogP contribution in [-0.4, -0.2) is 35.7 Å². The van der Waals surface area contributed by atoms with E-state index in [2.05, 4.69) is 10.2 Å². The van der Waals surface area contributed by atoms with Crippen molar-refractivity contribution in [3.63, 3.8) is 0 Å². The van der Waals surface area contributed by atoms with Gasteiger partial charge in [-0.1, -0.05) is 30.3 Å². The second-order valence-corrected chi connectivity index (χ2v) is 4.07. The van der Waals surface area contributed by atoms with Gasteiger partial charge in [0.2, 0.25) is 0 Å². The van der Waals surface area contributed by atoms with E-state index in [9.17, 15) is 4.79 Å². The van der Waals surface area contributed by atoms with Crippen LogP contribution in [-0.2, 0) is 0 Å². The molecule has 1 atom stereocenters. The third-order valence-corrected chi connectivity index (χ3v) is 2.89. The first kappa shape index (κ1) is 11.0. The average Bonchev–Trinajstić information content (AvgIpc) is 2.22. The Morgan fingerprint density at radius 2 is 2.06 bits per heavy atom. The van der Waals surface area contributed by atoms with Crippen LogP contribution in [0.1, 0.15) is 18.0 Å². The first-order valence-electron chi connectivity index (χ1n) is 5.52. The van der Waals surface area contributed by atoms with Gasteiger partial charge in [0.25, 0.3) is 0 Å². The fourth-order valence-corrected chi connectivity index (χ4v) is 1.89. The monoisotopic (exact) mass is 220 g/mol. The van der Waals surface area contributed by atoms with Crippen LogP contribution >= 0.6 is 0 Å². The first-order valence-corrected chi connectivity index (χ1v) is 5.52. The van der Waals surface area contributed by atoms with Crippen molar-refractivity contribution < 1.29 is 9.90 Å². The molecule has 1 heterocycles. The molecule has 0 aromatic heterocycles. The molecule has 0 saturated carbocycles. The maximum absolute atomic E-state index is 10.7. The van der Waals surface area contributed by atoms with Gasteiger partial charge in [-0.2, -0.15) is 0 Å². The van der Waals surface area contributed by atoms with E-state index in [0.29, 0.717) is 0 Å². The number of nitrogens with zero attached hydrogens (tertiary/aromatic N) is 1. The molecule has 86 valence electrons. The number of hydrogen-bond donors (Lipinski definition) is 2. The summed E-state index contributed by atoms with van der Waals surface area (Å²) in [5.41, 5.74) is 1.02. The number of nitrogens with one attached hydrogen (secondary N) is 1. The smallest absolute Gasteiger partial charge is 0.405 e. The number of carboxylic acid groups (broad SMARTS) is 1. The molecule has 0 unspecified atom stereocenters. The lowest BCUT2D eigenvalue weighted by Crippen LogP contribution is -2.44. The van der Waals surface area contributed by atoms with E-state index >= 15 is 0 Å². The van der Waals surface area contributed by atoms with Crippen molar-refractivity contribution in [1.82, 2.24) is 10.2 Å². The van der Waals surface area contributed by atoms with Gasteiger partial charge in [0.1, 0.15) is 0 Å². The van der Waals surface area contributed by atoms with E-state index in [1.165, 1.54) is 6.42 Å². The summed E-state index contributed by atoms with van der Waals surface area (Å²) in [6, 6.07) is 9.59. The van der Waals surface area contributed by atoms with E-state index in [4.69, 9.17) is 5.11 Å². The predicted octanol–water partition coefficient (Wildman–Crippen LogP) is 1.70. The first-order chi connectivity index (χ1) is 7.75. The number of benzene rings is 1. The topological polar surface area (TPSA) is 52.6 Å². The molecule has 1 saturated heterocycles. The van der Waals surface area contributed by atoms with E-state index in [-0.39, 0.29) is 6.04 Å². The summed E-state index contributed by atoms with van der Waals surface area (Å²) in [7, 11) is 0. The summed E-state index contributed by atoms with van der Waals surface area (Å²) in [6.07, 6.45) is 0.253. The van der Waals surface area contributed by atoms with Crippen LogP contribution in [0.4, 0.5) is 4.79 Å². The molecule has 2 N–H and O–H groups in total. The molecule has 0 bridgehead atoms. The highest BCUT2D eigenvalue weighted by atomic mass is 16.4. The summed E-state index contributed by atoms with van der Waals surface area (Å²) in [6.45, 7) is 2.91. The molecular formula is C12H16N2O2. The van der Waals surface area contributed by atoms with Crippen molar-refractivity contribution in [2.24, 2.45) is 0 Å². The van der Waals surface area contributed by atoms with Gasteiger partial charge in [0.05, 0.1) is 6.04 Å². The van der Waals surface area contributed by atoms with Gasteiger partial charge in [-0.25, -0.2) is 4.79 Å². The Balaban J connectivity index is 2.04. The summed E-state index contributed by atoms with van der Waals surface area (Å²) >= 11 is 0. The maximum Gasteiger partial charge on any atom is 0.405 e. The minimum absolute atomic E-state index is 0.126. The molecule has 1 aromatic rings. The fraction of sp³-hybridized carbons (Fsp3) is 0.417. The molecule has 1 aromatic carbocycles. The molecule has 1 aliphatic rings. The van der Waals surface area contributed by atoms with Crippen LogP contribution in [0.2, 0.25) is 0 Å². The zero-order valence-corrected chi connectivity index (χ0v) is 9.10. The Labute approximate surface area is 94.9 Å². The molecule has 0 aliphatic carbocycles. The van der Waals surface area contributed by atoms with Crippen LogP contribution in [0, 0.1) is 0 Å². The van der Waals surface area contributed by atoms with Gasteiger partial charge in [-0.15, -0.1) is 0 Å². The minimum Gasteiger partial charge on any atom is -0.465 e. The van der Waals surface area contributed by atoms with Crippen LogP contribution in [0.25, 0.3) is 0 Å². The molecule has 2 rings (SSSR count). The van der Waals surface area contributed by atoms with Crippen LogP contribution < -0.4 is 5.32 Å². The third kappa shape index (κ3) is 2.73. The van der Waals surface area contributed by atoms with Crippen molar-refractivity contribution in [2.75, 3.05) is 19.6 Å². The Bertz CT molecular complexity index is 349. The third-order valence-electron chi connectivity index (χ3n) is 2.89. The van der Waals surface area contributed by atoms with Gasteiger partial charge >= 0.3 is 6.09 Å². The molecule has 16 heavy (non-hydrogen) atoms. The molecular weight excluding hydrogens is 204 g/mol. The lowest BCUT2D eigenvalue weighted by atomic mass is 10.0. The molecule has 1 fully saturated rings. The van der Waals surface area contributed by atoms with Gasteiger partial charge in [0, 0.05) is 6.54 Å². The SMILES string of the molecule is O=C(O)N[C@@H](CN1CCC1)c1ccccc1. The summed E-state index contributed by atoms with van der Waals surface area (Å²) < 4.78 is 0. The zero-order valence-electron chi connectivity index (χ0n) is 9.10. The van der Waals surface area contributed by atoms with Crippen LogP contribution in [0.3, 0.4) is 0 Å². The molecule has 0 spiro atoms. The van der Waals surface area contributed by atoms with Crippen LogP contribution in [0.15, 0.2) is 30.3 Å². The molecule has 1 aliphatic heterocycles. The Morgan fingerprint density at radius 3 is 2.56 bits per heavy atom. The van der Waals surface area contributed by atoms with Crippen molar-refractivity contribution in [2.45, 2.75) is 12.5 Å². The van der Waals surface area contributed by atoms with E-state index in [1.54, 1.807) is 0 Å². The Kier molecular flexibility index (Phi) is 3.41. The quantitative estimate of drug-likeness (QED) is 0.812. The lowest BCUT2D eigenvalue weighted by molar-refractivity contribution is 0.151. The second-order valence-electron chi connectivity index (χ2n) is 4.07. The van der Waals surface area contributed by atoms with Gasteiger partial charge in [0.15, 0.2) is 0 Å². The number of likely N-dealkylation sites (tertiary alicyclic amines) is 1. The number of amides is 1. The minimum atomic E-state index is -0.964. The van der Waals surface area contributed by atoms with Gasteiger partial charge in [-0.05, 0) is 25.1 Å². The fourth-order valence-electron chi connectivity index (χ4n) is 1.89.